The van der Waals surface area contributed by atoms with Crippen LogP contribution in [0, 0.1) is 17.8 Å². The molecule has 116 valence electrons. The first-order valence-electron chi connectivity index (χ1n) is 8.13. The number of rotatable bonds is 2. The molecule has 1 amide bonds. The third-order valence-electron chi connectivity index (χ3n) is 5.37. The lowest BCUT2D eigenvalue weighted by Crippen LogP contribution is -2.45. The smallest absolute Gasteiger partial charge is 0.224 e. The van der Waals surface area contributed by atoms with Crippen LogP contribution in [0.15, 0.2) is 24.3 Å². The van der Waals surface area contributed by atoms with Gasteiger partial charge in [-0.2, -0.15) is 0 Å². The van der Waals surface area contributed by atoms with E-state index >= 15 is 0 Å². The number of carbonyl (C=O) groups is 2. The van der Waals surface area contributed by atoms with Gasteiger partial charge in [0.25, 0.3) is 0 Å². The summed E-state index contributed by atoms with van der Waals surface area (Å²) in [6.07, 6.45) is 2.28. The Bertz CT molecular complexity index is 653. The van der Waals surface area contributed by atoms with Crippen LogP contribution in [0.25, 0.3) is 0 Å². The SMILES string of the molecule is CC(C)NC(=O)[C@@H]1[C@H]2CC[C@@]3(CC(=O)c4ccccc4O3)[C@@H]21. The van der Waals surface area contributed by atoms with E-state index in [1.165, 1.54) is 0 Å². The fraction of sp³-hybridized carbons (Fsp3) is 0.556. The normalized spacial score (nSPS) is 35.0. The summed E-state index contributed by atoms with van der Waals surface area (Å²) in [5.41, 5.74) is 0.232. The minimum absolute atomic E-state index is 0.0224. The molecule has 0 aromatic heterocycles. The van der Waals surface area contributed by atoms with E-state index < -0.39 is 5.60 Å². The van der Waals surface area contributed by atoms with Gasteiger partial charge < -0.3 is 10.1 Å². The van der Waals surface area contributed by atoms with E-state index in [9.17, 15) is 9.59 Å². The lowest BCUT2D eigenvalue weighted by molar-refractivity contribution is -0.124. The summed E-state index contributed by atoms with van der Waals surface area (Å²) >= 11 is 0. The molecule has 22 heavy (non-hydrogen) atoms. The number of benzene rings is 1. The zero-order valence-electron chi connectivity index (χ0n) is 13.0. The highest BCUT2D eigenvalue weighted by atomic mass is 16.5. The van der Waals surface area contributed by atoms with Gasteiger partial charge >= 0.3 is 0 Å². The number of ketones is 1. The number of Topliss-reactive ketones (excluding diaryl/α,β-unsaturated/α-hetero) is 1. The van der Waals surface area contributed by atoms with Crippen molar-refractivity contribution in [1.29, 1.82) is 0 Å². The Labute approximate surface area is 130 Å². The Kier molecular flexibility index (Phi) is 2.87. The van der Waals surface area contributed by atoms with Crippen molar-refractivity contribution in [2.75, 3.05) is 0 Å². The third kappa shape index (κ3) is 1.89. The molecule has 1 aromatic carbocycles. The van der Waals surface area contributed by atoms with E-state index in [1.807, 2.05) is 38.1 Å². The molecule has 2 saturated carbocycles. The highest BCUT2D eigenvalue weighted by molar-refractivity contribution is 6.00. The van der Waals surface area contributed by atoms with Crippen LogP contribution in [0.2, 0.25) is 0 Å². The van der Waals surface area contributed by atoms with Gasteiger partial charge in [-0.25, -0.2) is 0 Å². The fourth-order valence-electron chi connectivity index (χ4n) is 4.50. The van der Waals surface area contributed by atoms with Gasteiger partial charge in [-0.05, 0) is 44.7 Å². The first-order chi connectivity index (χ1) is 10.5. The summed E-state index contributed by atoms with van der Waals surface area (Å²) in [6.45, 7) is 3.95. The standard InChI is InChI=1S/C18H21NO3/c1-10(2)19-17(21)15-12-7-8-18(16(12)15)9-13(20)11-5-3-4-6-14(11)22-18/h3-6,10,12,15-16H,7-9H2,1-2H3,(H,19,21)/t12-,15-,16+,18-/m1/s1. The molecule has 1 N–H and O–H groups in total. The van der Waals surface area contributed by atoms with Crippen LogP contribution in [-0.2, 0) is 4.79 Å². The van der Waals surface area contributed by atoms with Gasteiger partial charge in [-0.1, -0.05) is 12.1 Å². The molecule has 4 nitrogen and oxygen atoms in total. The van der Waals surface area contributed by atoms with Crippen molar-refractivity contribution in [3.05, 3.63) is 29.8 Å². The van der Waals surface area contributed by atoms with Crippen LogP contribution in [0.3, 0.4) is 0 Å². The topological polar surface area (TPSA) is 55.4 Å². The molecular formula is C18H21NO3. The van der Waals surface area contributed by atoms with E-state index in [2.05, 4.69) is 5.32 Å². The van der Waals surface area contributed by atoms with Crippen molar-refractivity contribution >= 4 is 11.7 Å². The maximum absolute atomic E-state index is 12.5. The lowest BCUT2D eigenvalue weighted by atomic mass is 9.84. The minimum atomic E-state index is -0.449. The van der Waals surface area contributed by atoms with Gasteiger partial charge in [0.2, 0.25) is 5.91 Å². The summed E-state index contributed by atoms with van der Waals surface area (Å²) < 4.78 is 6.29. The molecule has 1 heterocycles. The number of hydrogen-bond acceptors (Lipinski definition) is 3. The number of carbonyl (C=O) groups excluding carboxylic acids is 2. The molecule has 4 atom stereocenters. The Morgan fingerprint density at radius 2 is 2.14 bits per heavy atom. The monoisotopic (exact) mass is 299 g/mol. The second-order valence-electron chi connectivity index (χ2n) is 7.18. The largest absolute Gasteiger partial charge is 0.486 e. The van der Waals surface area contributed by atoms with Crippen LogP contribution in [0.5, 0.6) is 5.75 Å². The van der Waals surface area contributed by atoms with E-state index in [1.54, 1.807) is 0 Å². The van der Waals surface area contributed by atoms with Gasteiger partial charge in [0.05, 0.1) is 12.0 Å². The van der Waals surface area contributed by atoms with Gasteiger partial charge in [-0.3, -0.25) is 9.59 Å². The Morgan fingerprint density at radius 3 is 2.91 bits per heavy atom. The molecule has 0 radical (unpaired) electrons. The first-order valence-corrected chi connectivity index (χ1v) is 8.13. The van der Waals surface area contributed by atoms with E-state index in [0.29, 0.717) is 23.7 Å². The number of amides is 1. The predicted molar refractivity (Wildman–Crippen MR) is 81.7 cm³/mol. The molecule has 0 bridgehead atoms. The summed E-state index contributed by atoms with van der Waals surface area (Å²) in [5, 5.41) is 3.01. The zero-order chi connectivity index (χ0) is 15.5. The molecule has 0 unspecified atom stereocenters. The molecule has 1 aliphatic heterocycles. The van der Waals surface area contributed by atoms with Gasteiger partial charge in [0, 0.05) is 17.9 Å². The number of para-hydroxylation sites is 1. The fourth-order valence-corrected chi connectivity index (χ4v) is 4.50. The number of nitrogens with one attached hydrogen (secondary N) is 1. The van der Waals surface area contributed by atoms with Gasteiger partial charge in [0.15, 0.2) is 5.78 Å². The lowest BCUT2D eigenvalue weighted by Gasteiger charge is -2.37. The van der Waals surface area contributed by atoms with Crippen LogP contribution in [0.4, 0.5) is 0 Å². The maximum atomic E-state index is 12.5. The molecule has 0 saturated heterocycles. The average Bonchev–Trinajstić information content (AvgIpc) is 3.11. The summed E-state index contributed by atoms with van der Waals surface area (Å²) in [7, 11) is 0. The van der Waals surface area contributed by atoms with Crippen LogP contribution in [0.1, 0.15) is 43.5 Å². The highest BCUT2D eigenvalue weighted by Crippen LogP contribution is 2.65. The molecule has 4 heteroatoms. The van der Waals surface area contributed by atoms with Crippen LogP contribution < -0.4 is 10.1 Å². The van der Waals surface area contributed by atoms with Crippen molar-refractivity contribution in [3.63, 3.8) is 0 Å². The second kappa shape index (κ2) is 4.58. The Balaban J connectivity index is 1.59. The molecule has 3 aliphatic rings. The van der Waals surface area contributed by atoms with E-state index in [4.69, 9.17) is 4.74 Å². The molecule has 1 aromatic rings. The van der Waals surface area contributed by atoms with Crippen molar-refractivity contribution in [3.8, 4) is 5.75 Å². The van der Waals surface area contributed by atoms with Crippen molar-refractivity contribution in [2.24, 2.45) is 17.8 Å². The highest BCUT2D eigenvalue weighted by Gasteiger charge is 2.70. The molecular weight excluding hydrogens is 278 g/mol. The Hall–Kier alpha value is -1.84. The van der Waals surface area contributed by atoms with Crippen LogP contribution in [-0.4, -0.2) is 23.3 Å². The van der Waals surface area contributed by atoms with Crippen molar-refractivity contribution in [1.82, 2.24) is 5.32 Å². The van der Waals surface area contributed by atoms with Gasteiger partial charge in [-0.15, -0.1) is 0 Å². The average molecular weight is 299 g/mol. The van der Waals surface area contributed by atoms with E-state index in [-0.39, 0.29) is 29.6 Å². The second-order valence-corrected chi connectivity index (χ2v) is 7.18. The maximum Gasteiger partial charge on any atom is 0.224 e. The Morgan fingerprint density at radius 1 is 1.36 bits per heavy atom. The third-order valence-corrected chi connectivity index (χ3v) is 5.37. The van der Waals surface area contributed by atoms with Crippen molar-refractivity contribution in [2.45, 2.75) is 44.8 Å². The first kappa shape index (κ1) is 13.8. The summed E-state index contributed by atoms with van der Waals surface area (Å²) in [4.78, 5) is 24.8. The number of ether oxygens (including phenoxy) is 1. The van der Waals surface area contributed by atoms with Gasteiger partial charge in [0.1, 0.15) is 11.4 Å². The number of hydrogen-bond donors (Lipinski definition) is 1. The molecule has 2 aliphatic carbocycles. The quantitative estimate of drug-likeness (QED) is 0.913. The van der Waals surface area contributed by atoms with E-state index in [0.717, 1.165) is 12.8 Å². The minimum Gasteiger partial charge on any atom is -0.486 e. The van der Waals surface area contributed by atoms with Crippen LogP contribution >= 0.6 is 0 Å². The molecule has 4 rings (SSSR count). The predicted octanol–water partition coefficient (Wildman–Crippen LogP) is 2.57. The molecule has 1 spiro atoms. The molecule has 2 fully saturated rings. The summed E-state index contributed by atoms with van der Waals surface area (Å²) in [6, 6.07) is 7.61. The summed E-state index contributed by atoms with van der Waals surface area (Å²) in [5.74, 6) is 1.57. The van der Waals surface area contributed by atoms with Crippen molar-refractivity contribution < 1.29 is 14.3 Å². The zero-order valence-corrected chi connectivity index (χ0v) is 13.0. The number of fused-ring (bicyclic) bond motifs is 3.